The number of carbonyl (C=O) groups is 1. The van der Waals surface area contributed by atoms with Crippen molar-refractivity contribution < 1.29 is 4.79 Å². The number of aliphatic imine (C=N–C) groups is 1. The van der Waals surface area contributed by atoms with Crippen molar-refractivity contribution in [3.8, 4) is 0 Å². The van der Waals surface area contributed by atoms with Crippen LogP contribution in [-0.4, -0.2) is 74.5 Å². The molecule has 6 nitrogen and oxygen atoms in total. The van der Waals surface area contributed by atoms with Gasteiger partial charge in [-0.2, -0.15) is 0 Å². The van der Waals surface area contributed by atoms with Crippen LogP contribution in [0.15, 0.2) is 29.3 Å². The fourth-order valence-corrected chi connectivity index (χ4v) is 3.32. The molecular weight excluding hydrogens is 350 g/mol. The zero-order valence-corrected chi connectivity index (χ0v) is 18.0. The van der Waals surface area contributed by atoms with Crippen molar-refractivity contribution in [3.05, 3.63) is 35.4 Å². The monoisotopic (exact) mass is 387 g/mol. The topological polar surface area (TPSA) is 60.0 Å². The van der Waals surface area contributed by atoms with Gasteiger partial charge in [-0.25, -0.2) is 0 Å². The molecule has 1 amide bonds. The summed E-state index contributed by atoms with van der Waals surface area (Å²) in [7, 11) is 3.63. The van der Waals surface area contributed by atoms with E-state index in [0.29, 0.717) is 12.6 Å². The number of hydrogen-bond donors (Lipinski definition) is 2. The molecule has 2 rings (SSSR count). The number of guanidine groups is 1. The molecule has 1 aromatic rings. The normalized spacial score (nSPS) is 16.1. The van der Waals surface area contributed by atoms with Gasteiger partial charge in [-0.1, -0.05) is 31.2 Å². The number of aryl methyl sites for hydroxylation is 1. The van der Waals surface area contributed by atoms with E-state index in [4.69, 9.17) is 4.99 Å². The van der Waals surface area contributed by atoms with Gasteiger partial charge in [0.1, 0.15) is 0 Å². The second kappa shape index (κ2) is 11.7. The average Bonchev–Trinajstić information content (AvgIpc) is 2.70. The van der Waals surface area contributed by atoms with E-state index in [9.17, 15) is 4.79 Å². The van der Waals surface area contributed by atoms with Crippen molar-refractivity contribution in [2.75, 3.05) is 46.8 Å². The molecule has 1 aliphatic rings. The molecule has 0 radical (unpaired) electrons. The number of hydrogen-bond acceptors (Lipinski definition) is 3. The van der Waals surface area contributed by atoms with E-state index in [-0.39, 0.29) is 5.91 Å². The van der Waals surface area contributed by atoms with Crippen LogP contribution in [0.4, 0.5) is 0 Å². The zero-order chi connectivity index (χ0) is 20.4. The minimum absolute atomic E-state index is 0.174. The second-order valence-electron chi connectivity index (χ2n) is 7.66. The predicted molar refractivity (Wildman–Crippen MR) is 117 cm³/mol. The maximum atomic E-state index is 11.9. The molecule has 1 saturated heterocycles. The Bertz CT molecular complexity index is 618. The van der Waals surface area contributed by atoms with Crippen LogP contribution in [0, 0.1) is 0 Å². The van der Waals surface area contributed by atoms with Crippen LogP contribution in [0.1, 0.15) is 37.8 Å². The number of piperidine rings is 1. The Hall–Kier alpha value is -2.08. The highest BCUT2D eigenvalue weighted by molar-refractivity contribution is 5.80. The fraction of sp³-hybridized carbons (Fsp3) is 0.636. The zero-order valence-electron chi connectivity index (χ0n) is 18.0. The first-order valence-electron chi connectivity index (χ1n) is 10.6. The van der Waals surface area contributed by atoms with Crippen molar-refractivity contribution in [1.29, 1.82) is 0 Å². The Labute approximate surface area is 170 Å². The average molecular weight is 388 g/mol. The molecule has 0 bridgehead atoms. The van der Waals surface area contributed by atoms with Crippen LogP contribution in [0.3, 0.4) is 0 Å². The van der Waals surface area contributed by atoms with Crippen LogP contribution in [0.2, 0.25) is 0 Å². The van der Waals surface area contributed by atoms with Gasteiger partial charge in [0.15, 0.2) is 5.96 Å². The largest absolute Gasteiger partial charge is 0.357 e. The number of nitrogens with zero attached hydrogens (tertiary/aromatic N) is 3. The lowest BCUT2D eigenvalue weighted by Crippen LogP contribution is -2.50. The highest BCUT2D eigenvalue weighted by atomic mass is 16.2. The molecule has 2 N–H and O–H groups in total. The molecule has 0 aliphatic carbocycles. The SMILES string of the molecule is CCNC(=NCCc1ccc(CC)cc1)NC1CCN(CC(=O)N(C)C)CC1. The second-order valence-corrected chi connectivity index (χ2v) is 7.66. The summed E-state index contributed by atoms with van der Waals surface area (Å²) in [6, 6.07) is 9.24. The minimum atomic E-state index is 0.174. The van der Waals surface area contributed by atoms with Gasteiger partial charge in [0.2, 0.25) is 5.91 Å². The van der Waals surface area contributed by atoms with Gasteiger partial charge in [-0.05, 0) is 43.7 Å². The maximum Gasteiger partial charge on any atom is 0.236 e. The molecule has 28 heavy (non-hydrogen) atoms. The van der Waals surface area contributed by atoms with Gasteiger partial charge < -0.3 is 15.5 Å². The van der Waals surface area contributed by atoms with Gasteiger partial charge in [0, 0.05) is 46.3 Å². The summed E-state index contributed by atoms with van der Waals surface area (Å²) >= 11 is 0. The smallest absolute Gasteiger partial charge is 0.236 e. The molecule has 0 unspecified atom stereocenters. The van der Waals surface area contributed by atoms with E-state index in [1.54, 1.807) is 4.90 Å². The fourth-order valence-electron chi connectivity index (χ4n) is 3.32. The number of nitrogens with one attached hydrogen (secondary N) is 2. The molecule has 0 aromatic heterocycles. The lowest BCUT2D eigenvalue weighted by Gasteiger charge is -2.33. The molecule has 1 fully saturated rings. The third-order valence-electron chi connectivity index (χ3n) is 5.23. The summed E-state index contributed by atoms with van der Waals surface area (Å²) < 4.78 is 0. The molecule has 6 heteroatoms. The predicted octanol–water partition coefficient (Wildman–Crippen LogP) is 1.90. The van der Waals surface area contributed by atoms with Crippen LogP contribution < -0.4 is 10.6 Å². The standard InChI is InChI=1S/C22H37N5O/c1-5-18-7-9-19(10-8-18)11-14-24-22(23-6-2)25-20-12-15-27(16-13-20)17-21(28)26(3)4/h7-10,20H,5-6,11-17H2,1-4H3,(H2,23,24,25). The van der Waals surface area contributed by atoms with Crippen molar-refractivity contribution in [2.45, 2.75) is 45.6 Å². The van der Waals surface area contributed by atoms with Gasteiger partial charge >= 0.3 is 0 Å². The van der Waals surface area contributed by atoms with Crippen molar-refractivity contribution in [3.63, 3.8) is 0 Å². The molecule has 1 heterocycles. The summed E-state index contributed by atoms with van der Waals surface area (Å²) in [5.74, 6) is 1.07. The molecule has 0 saturated carbocycles. The van der Waals surface area contributed by atoms with Gasteiger partial charge in [0.05, 0.1) is 6.54 Å². The lowest BCUT2D eigenvalue weighted by atomic mass is 10.1. The summed E-state index contributed by atoms with van der Waals surface area (Å²) in [6.45, 7) is 8.31. The third kappa shape index (κ3) is 7.50. The Morgan fingerprint density at radius 1 is 1.14 bits per heavy atom. The van der Waals surface area contributed by atoms with E-state index in [0.717, 1.165) is 57.8 Å². The van der Waals surface area contributed by atoms with E-state index in [1.165, 1.54) is 11.1 Å². The molecule has 156 valence electrons. The van der Waals surface area contributed by atoms with Crippen LogP contribution >= 0.6 is 0 Å². The number of rotatable bonds is 8. The van der Waals surface area contributed by atoms with E-state index in [2.05, 4.69) is 53.6 Å². The molecule has 0 atom stereocenters. The van der Waals surface area contributed by atoms with Crippen LogP contribution in [-0.2, 0) is 17.6 Å². The number of amides is 1. The van der Waals surface area contributed by atoms with E-state index in [1.807, 2.05) is 14.1 Å². The number of likely N-dealkylation sites (N-methyl/N-ethyl adjacent to an activating group) is 1. The Morgan fingerprint density at radius 2 is 1.79 bits per heavy atom. The van der Waals surface area contributed by atoms with Crippen LogP contribution in [0.5, 0.6) is 0 Å². The Kier molecular flexibility index (Phi) is 9.28. The number of benzene rings is 1. The highest BCUT2D eigenvalue weighted by Crippen LogP contribution is 2.10. The quantitative estimate of drug-likeness (QED) is 0.528. The van der Waals surface area contributed by atoms with Gasteiger partial charge in [-0.15, -0.1) is 0 Å². The van der Waals surface area contributed by atoms with Crippen LogP contribution in [0.25, 0.3) is 0 Å². The van der Waals surface area contributed by atoms with Gasteiger partial charge in [0.25, 0.3) is 0 Å². The summed E-state index contributed by atoms with van der Waals surface area (Å²) in [6.07, 6.45) is 4.09. The van der Waals surface area contributed by atoms with E-state index >= 15 is 0 Å². The molecule has 1 aliphatic heterocycles. The van der Waals surface area contributed by atoms with E-state index < -0.39 is 0 Å². The lowest BCUT2D eigenvalue weighted by molar-refractivity contribution is -0.130. The minimum Gasteiger partial charge on any atom is -0.357 e. The highest BCUT2D eigenvalue weighted by Gasteiger charge is 2.21. The first kappa shape index (κ1) is 22.2. The summed E-state index contributed by atoms with van der Waals surface area (Å²) in [5.41, 5.74) is 2.71. The summed E-state index contributed by atoms with van der Waals surface area (Å²) in [5, 5.41) is 6.93. The number of carbonyl (C=O) groups excluding carboxylic acids is 1. The molecular formula is C22H37N5O. The Morgan fingerprint density at radius 3 is 2.36 bits per heavy atom. The van der Waals surface area contributed by atoms with Crippen molar-refractivity contribution >= 4 is 11.9 Å². The third-order valence-corrected chi connectivity index (χ3v) is 5.23. The first-order chi connectivity index (χ1) is 13.5. The number of likely N-dealkylation sites (tertiary alicyclic amines) is 1. The molecule has 1 aromatic carbocycles. The maximum absolute atomic E-state index is 11.9. The van der Waals surface area contributed by atoms with Gasteiger partial charge in [-0.3, -0.25) is 14.7 Å². The Balaban J connectivity index is 1.78. The first-order valence-corrected chi connectivity index (χ1v) is 10.6. The van der Waals surface area contributed by atoms with Crippen molar-refractivity contribution in [1.82, 2.24) is 20.4 Å². The molecule has 0 spiro atoms. The van der Waals surface area contributed by atoms with Crippen molar-refractivity contribution in [2.24, 2.45) is 4.99 Å². The summed E-state index contributed by atoms with van der Waals surface area (Å²) in [4.78, 5) is 20.5.